The summed E-state index contributed by atoms with van der Waals surface area (Å²) in [6.45, 7) is 5.20. The van der Waals surface area contributed by atoms with Crippen molar-refractivity contribution in [3.63, 3.8) is 0 Å². The zero-order chi connectivity index (χ0) is 32.6. The molecule has 0 aliphatic carbocycles. The number of carbonyl (C=O) groups is 2. The summed E-state index contributed by atoms with van der Waals surface area (Å²) >= 11 is 0. The van der Waals surface area contributed by atoms with Gasteiger partial charge in [0.25, 0.3) is 0 Å². The van der Waals surface area contributed by atoms with Crippen molar-refractivity contribution in [2.24, 2.45) is 0 Å². The molecule has 0 unspecified atom stereocenters. The smallest absolute Gasteiger partial charge is 0.354 e. The molecule has 2 aromatic carbocycles. The Labute approximate surface area is 257 Å². The highest BCUT2D eigenvalue weighted by Crippen LogP contribution is 2.33. The normalized spacial score (nSPS) is 22.0. The lowest BCUT2D eigenvalue weighted by Gasteiger charge is -2.37. The molecule has 0 spiro atoms. The molecule has 1 aliphatic rings. The van der Waals surface area contributed by atoms with E-state index in [1.807, 2.05) is 43.3 Å². The van der Waals surface area contributed by atoms with Gasteiger partial charge >= 0.3 is 11.9 Å². The highest BCUT2D eigenvalue weighted by molar-refractivity contribution is 5.87. The molecule has 6 N–H and O–H groups in total. The number of imidazole rings is 1. The Bertz CT molecular complexity index is 1690. The second-order valence-corrected chi connectivity index (χ2v) is 11.4. The number of carboxylic acid groups (broad SMARTS) is 2. The molecule has 15 nitrogen and oxygen atoms in total. The predicted molar refractivity (Wildman–Crippen MR) is 156 cm³/mol. The maximum absolute atomic E-state index is 12.2. The van der Waals surface area contributed by atoms with E-state index in [-0.39, 0.29) is 23.8 Å². The number of aromatic carboxylic acids is 1. The highest BCUT2D eigenvalue weighted by atomic mass is 16.6. The number of hydrogen-bond acceptors (Lipinski definition) is 11. The highest BCUT2D eigenvalue weighted by Gasteiger charge is 2.48. The lowest BCUT2D eigenvalue weighted by molar-refractivity contribution is -0.251. The lowest BCUT2D eigenvalue weighted by atomic mass is 9.98. The fraction of sp³-hybridized carbons (Fsp3) is 0.400. The number of nitrogens with zero attached hydrogens (tertiary/aromatic N) is 6. The van der Waals surface area contributed by atoms with Crippen LogP contribution >= 0.6 is 0 Å². The maximum Gasteiger partial charge on any atom is 0.354 e. The molecule has 15 heteroatoms. The molecule has 1 fully saturated rings. The summed E-state index contributed by atoms with van der Waals surface area (Å²) in [5.41, 5.74) is 1.47. The molecular formula is C30H34N6O9. The van der Waals surface area contributed by atoms with Crippen molar-refractivity contribution in [1.29, 1.82) is 0 Å². The first kappa shape index (κ1) is 31.9. The number of aliphatic carboxylic acids is 1. The molecule has 0 saturated carbocycles. The van der Waals surface area contributed by atoms with E-state index >= 15 is 0 Å². The van der Waals surface area contributed by atoms with Crippen LogP contribution in [0.15, 0.2) is 48.5 Å². The van der Waals surface area contributed by atoms with Gasteiger partial charge in [-0.3, -0.25) is 0 Å². The van der Waals surface area contributed by atoms with E-state index in [9.17, 15) is 40.2 Å². The third-order valence-corrected chi connectivity index (χ3v) is 7.56. The first-order valence-electron chi connectivity index (χ1n) is 14.3. The molecule has 5 rings (SSSR count). The Kier molecular flexibility index (Phi) is 8.82. The predicted octanol–water partition coefficient (Wildman–Crippen LogP) is 1.19. The standard InChI is InChI=1S/C30H34N6O9/c1-4-7-19-31-25(30(2,3)44)20(28(40)41)35(19)14-15-10-12-16(13-11-15)17-8-5-6-9-18(17)26-32-34-36(33-26)27-23(39)21(37)22(38)24(45-27)29(42)43/h5-6,8-13,21-24,27,37-39,44H,4,7,14H2,1-3H3,(H,40,41)(H,42,43)/t21-,22-,23+,24-,27+/m0/s1. The van der Waals surface area contributed by atoms with Crippen LogP contribution in [0, 0.1) is 0 Å². The third-order valence-electron chi connectivity index (χ3n) is 7.56. The Hall–Kier alpha value is -4.54. The number of aromatic nitrogens is 6. The van der Waals surface area contributed by atoms with Crippen LogP contribution < -0.4 is 0 Å². The largest absolute Gasteiger partial charge is 0.479 e. The number of rotatable bonds is 10. The van der Waals surface area contributed by atoms with Gasteiger partial charge in [-0.15, -0.1) is 15.0 Å². The van der Waals surface area contributed by atoms with Gasteiger partial charge < -0.3 is 39.9 Å². The van der Waals surface area contributed by atoms with Crippen molar-refractivity contribution in [3.05, 3.63) is 71.3 Å². The van der Waals surface area contributed by atoms with E-state index in [2.05, 4.69) is 20.4 Å². The molecule has 238 valence electrons. The number of benzene rings is 2. The summed E-state index contributed by atoms with van der Waals surface area (Å²) in [5, 5.41) is 72.8. The van der Waals surface area contributed by atoms with Crippen LogP contribution in [0.4, 0.5) is 0 Å². The topological polar surface area (TPSA) is 226 Å². The summed E-state index contributed by atoms with van der Waals surface area (Å²) in [4.78, 5) is 29.1. The van der Waals surface area contributed by atoms with Crippen LogP contribution in [0.3, 0.4) is 0 Å². The first-order valence-corrected chi connectivity index (χ1v) is 14.3. The first-order chi connectivity index (χ1) is 21.3. The second kappa shape index (κ2) is 12.5. The van der Waals surface area contributed by atoms with Gasteiger partial charge in [-0.25, -0.2) is 14.6 Å². The fourth-order valence-electron chi connectivity index (χ4n) is 5.33. The summed E-state index contributed by atoms with van der Waals surface area (Å²) in [7, 11) is 0. The number of aliphatic hydroxyl groups excluding tert-OH is 3. The van der Waals surface area contributed by atoms with Crippen molar-refractivity contribution < 1.29 is 45.0 Å². The monoisotopic (exact) mass is 622 g/mol. The van der Waals surface area contributed by atoms with Crippen LogP contribution in [0.1, 0.15) is 61.0 Å². The van der Waals surface area contributed by atoms with E-state index in [0.717, 1.165) is 27.9 Å². The van der Waals surface area contributed by atoms with Gasteiger partial charge in [0.2, 0.25) is 12.1 Å². The quantitative estimate of drug-likeness (QED) is 0.146. The van der Waals surface area contributed by atoms with Gasteiger partial charge in [0.15, 0.2) is 11.8 Å². The number of hydrogen-bond donors (Lipinski definition) is 6. The van der Waals surface area contributed by atoms with E-state index in [1.54, 1.807) is 16.7 Å². The third kappa shape index (κ3) is 6.21. The Morgan fingerprint density at radius 1 is 0.956 bits per heavy atom. The van der Waals surface area contributed by atoms with Crippen molar-refractivity contribution in [1.82, 2.24) is 29.8 Å². The molecule has 2 aromatic heterocycles. The molecule has 0 radical (unpaired) electrons. The van der Waals surface area contributed by atoms with Gasteiger partial charge in [0.1, 0.15) is 35.4 Å². The number of aryl methyl sites for hydroxylation is 1. The van der Waals surface area contributed by atoms with E-state index in [4.69, 9.17) is 4.74 Å². The Morgan fingerprint density at radius 3 is 2.22 bits per heavy atom. The van der Waals surface area contributed by atoms with E-state index in [1.165, 1.54) is 13.8 Å². The van der Waals surface area contributed by atoms with Crippen molar-refractivity contribution in [2.75, 3.05) is 0 Å². The summed E-state index contributed by atoms with van der Waals surface area (Å²) in [5.74, 6) is -2.01. The van der Waals surface area contributed by atoms with Crippen LogP contribution in [-0.2, 0) is 28.1 Å². The molecule has 5 atom stereocenters. The van der Waals surface area contributed by atoms with E-state index < -0.39 is 48.2 Å². The Morgan fingerprint density at radius 2 is 1.62 bits per heavy atom. The zero-order valence-electron chi connectivity index (χ0n) is 24.7. The maximum atomic E-state index is 12.2. The molecule has 0 bridgehead atoms. The number of carboxylic acids is 2. The van der Waals surface area contributed by atoms with Crippen molar-refractivity contribution in [3.8, 4) is 22.5 Å². The van der Waals surface area contributed by atoms with Crippen LogP contribution in [0.5, 0.6) is 0 Å². The van der Waals surface area contributed by atoms with Crippen LogP contribution in [0.25, 0.3) is 22.5 Å². The average molecular weight is 623 g/mol. The summed E-state index contributed by atoms with van der Waals surface area (Å²) in [6, 6.07) is 14.6. The van der Waals surface area contributed by atoms with Gasteiger partial charge in [-0.2, -0.15) is 0 Å². The van der Waals surface area contributed by atoms with Crippen molar-refractivity contribution in [2.45, 2.75) is 76.4 Å². The zero-order valence-corrected chi connectivity index (χ0v) is 24.7. The number of tetrazole rings is 1. The molecule has 45 heavy (non-hydrogen) atoms. The fourth-order valence-corrected chi connectivity index (χ4v) is 5.33. The second-order valence-electron chi connectivity index (χ2n) is 11.4. The van der Waals surface area contributed by atoms with E-state index in [0.29, 0.717) is 17.8 Å². The van der Waals surface area contributed by atoms with Gasteiger partial charge in [0.05, 0.1) is 0 Å². The minimum absolute atomic E-state index is 0.0571. The molecule has 3 heterocycles. The molecule has 1 aliphatic heterocycles. The molecule has 0 amide bonds. The molecule has 4 aromatic rings. The average Bonchev–Trinajstić information content (AvgIpc) is 3.62. The van der Waals surface area contributed by atoms with Gasteiger partial charge in [-0.1, -0.05) is 55.5 Å². The van der Waals surface area contributed by atoms with Gasteiger partial charge in [-0.05, 0) is 42.2 Å². The van der Waals surface area contributed by atoms with Crippen LogP contribution in [-0.4, -0.2) is 96.8 Å². The van der Waals surface area contributed by atoms with Crippen molar-refractivity contribution >= 4 is 11.9 Å². The van der Waals surface area contributed by atoms with Gasteiger partial charge in [0, 0.05) is 18.5 Å². The number of ether oxygens (including phenoxy) is 1. The molecular weight excluding hydrogens is 588 g/mol. The SMILES string of the molecule is CCCc1nc(C(C)(C)O)c(C(=O)O)n1Cc1ccc(-c2ccccc2-c2nnn([C@@H]3O[C@H](C(=O)O)[C@@H](O)[C@H](O)[C@H]3O)n2)cc1. The van der Waals surface area contributed by atoms with Crippen LogP contribution in [0.2, 0.25) is 0 Å². The Balaban J connectivity index is 1.44. The lowest BCUT2D eigenvalue weighted by Crippen LogP contribution is -2.58. The summed E-state index contributed by atoms with van der Waals surface area (Å²) < 4.78 is 6.93. The minimum atomic E-state index is -1.85. The number of aliphatic hydroxyl groups is 4. The molecule has 1 saturated heterocycles. The summed E-state index contributed by atoms with van der Waals surface area (Å²) in [6.07, 6.45) is -7.47. The minimum Gasteiger partial charge on any atom is -0.479 e.